The molecule has 0 spiro atoms. The lowest BCUT2D eigenvalue weighted by Gasteiger charge is -2.17. The fourth-order valence-electron chi connectivity index (χ4n) is 5.44. The summed E-state index contributed by atoms with van der Waals surface area (Å²) in [5.41, 5.74) is 4.03. The molecule has 0 radical (unpaired) electrons. The summed E-state index contributed by atoms with van der Waals surface area (Å²) in [4.78, 5) is 64.8. The Balaban J connectivity index is 1.08. The Kier molecular flexibility index (Phi) is 6.10. The second-order valence-corrected chi connectivity index (χ2v) is 11.3. The highest BCUT2D eigenvalue weighted by molar-refractivity contribution is 6.13. The summed E-state index contributed by atoms with van der Waals surface area (Å²) in [6.07, 6.45) is 10.1. The van der Waals surface area contributed by atoms with Gasteiger partial charge in [0.05, 0.1) is 17.9 Å². The van der Waals surface area contributed by atoms with E-state index < -0.39 is 0 Å². The molecule has 4 aromatic heterocycles. The molecule has 3 aliphatic rings. The zero-order valence-corrected chi connectivity index (χ0v) is 23.6. The first-order chi connectivity index (χ1) is 20.2. The summed E-state index contributed by atoms with van der Waals surface area (Å²) in [5, 5.41) is 2.91. The molecule has 1 saturated heterocycles. The fraction of sp³-hybridized carbons (Fsp3) is 0.379. The molecule has 1 N–H and O–H groups in total. The molecule has 0 aromatic carbocycles. The van der Waals surface area contributed by atoms with E-state index in [-0.39, 0.29) is 36.2 Å². The molecule has 2 atom stereocenters. The SMILES string of the molecule is Cc1ccnc([C@H]2C[C@@H]2C(=O)Nc2cc(N(C)Cc3cn4cc(C5CC5)cc(N5CC(=O)N(C)C5=O)c4n3)ncn2)n1. The van der Waals surface area contributed by atoms with E-state index >= 15 is 0 Å². The van der Waals surface area contributed by atoms with Crippen LogP contribution in [0.25, 0.3) is 5.65 Å². The number of nitrogens with one attached hydrogen (secondary N) is 1. The van der Waals surface area contributed by atoms with Crippen LogP contribution < -0.4 is 15.1 Å². The summed E-state index contributed by atoms with van der Waals surface area (Å²) in [5.74, 6) is 1.67. The standard InChI is InChI=1S/C29H30N10O3/c1-16-6-7-30-26(33-16)20-9-21(20)28(41)35-23-10-24(32-15-31-23)36(2)12-19-13-38-11-18(17-4-5-17)8-22(27(38)34-19)39-14-25(40)37(3)29(39)42/h6-8,10-11,13,15,17,20-21H,4-5,9,12,14H2,1-3H3,(H,31,32,35,41)/t20-,21-/m0/s1. The highest BCUT2D eigenvalue weighted by atomic mass is 16.2. The van der Waals surface area contributed by atoms with Gasteiger partial charge in [0.1, 0.15) is 30.3 Å². The Morgan fingerprint density at radius 2 is 1.95 bits per heavy atom. The number of fused-ring (bicyclic) bond motifs is 1. The summed E-state index contributed by atoms with van der Waals surface area (Å²) >= 11 is 0. The quantitative estimate of drug-likeness (QED) is 0.319. The van der Waals surface area contributed by atoms with E-state index in [0.29, 0.717) is 47.7 Å². The molecular weight excluding hydrogens is 536 g/mol. The molecule has 2 aliphatic carbocycles. The van der Waals surface area contributed by atoms with Crippen LogP contribution in [0.5, 0.6) is 0 Å². The lowest BCUT2D eigenvalue weighted by Crippen LogP contribution is -2.30. The number of aromatic nitrogens is 6. The number of carbonyl (C=O) groups is 3. The van der Waals surface area contributed by atoms with Gasteiger partial charge in [-0.25, -0.2) is 29.7 Å². The van der Waals surface area contributed by atoms with E-state index in [1.807, 2.05) is 41.6 Å². The highest BCUT2D eigenvalue weighted by Crippen LogP contribution is 2.46. The third-order valence-electron chi connectivity index (χ3n) is 8.09. The number of pyridine rings is 1. The van der Waals surface area contributed by atoms with Crippen LogP contribution in [0.15, 0.2) is 43.1 Å². The average molecular weight is 567 g/mol. The number of urea groups is 1. The van der Waals surface area contributed by atoms with Gasteiger partial charge in [0, 0.05) is 56.3 Å². The van der Waals surface area contributed by atoms with E-state index in [2.05, 4.69) is 31.4 Å². The molecule has 4 aromatic rings. The van der Waals surface area contributed by atoms with Crippen molar-refractivity contribution in [2.45, 2.75) is 44.6 Å². The minimum absolute atomic E-state index is 0.00371. The molecule has 5 heterocycles. The minimum atomic E-state index is -0.351. The molecule has 7 rings (SSSR count). The first-order valence-corrected chi connectivity index (χ1v) is 14.0. The topological polar surface area (TPSA) is 142 Å². The maximum Gasteiger partial charge on any atom is 0.331 e. The largest absolute Gasteiger partial charge is 0.354 e. The van der Waals surface area contributed by atoms with Gasteiger partial charge in [0.25, 0.3) is 0 Å². The second kappa shape index (κ2) is 9.86. The minimum Gasteiger partial charge on any atom is -0.354 e. The van der Waals surface area contributed by atoms with Gasteiger partial charge in [-0.3, -0.25) is 19.4 Å². The third-order valence-corrected chi connectivity index (χ3v) is 8.09. The number of carbonyl (C=O) groups excluding carboxylic acids is 3. The number of imidazole rings is 1. The molecule has 13 heteroatoms. The maximum absolute atomic E-state index is 12.9. The van der Waals surface area contributed by atoms with Crippen molar-refractivity contribution in [2.24, 2.45) is 5.92 Å². The lowest BCUT2D eigenvalue weighted by atomic mass is 10.1. The first-order valence-electron chi connectivity index (χ1n) is 14.0. The molecule has 2 saturated carbocycles. The zero-order chi connectivity index (χ0) is 29.1. The number of likely N-dealkylation sites (N-methyl/N-ethyl adjacent to an activating group) is 1. The van der Waals surface area contributed by atoms with Crippen molar-refractivity contribution < 1.29 is 14.4 Å². The van der Waals surface area contributed by atoms with Gasteiger partial charge >= 0.3 is 6.03 Å². The van der Waals surface area contributed by atoms with Crippen molar-refractivity contribution in [1.82, 2.24) is 34.2 Å². The van der Waals surface area contributed by atoms with Crippen molar-refractivity contribution in [3.8, 4) is 0 Å². The van der Waals surface area contributed by atoms with Crippen LogP contribution in [0.2, 0.25) is 0 Å². The molecule has 1 aliphatic heterocycles. The summed E-state index contributed by atoms with van der Waals surface area (Å²) in [6, 6.07) is 5.21. The average Bonchev–Trinajstić information content (AvgIpc) is 3.90. The summed E-state index contributed by atoms with van der Waals surface area (Å²) < 4.78 is 1.94. The van der Waals surface area contributed by atoms with Gasteiger partial charge in [0.15, 0.2) is 5.65 Å². The highest BCUT2D eigenvalue weighted by Gasteiger charge is 2.46. The number of hydrogen-bond donors (Lipinski definition) is 1. The van der Waals surface area contributed by atoms with E-state index in [1.54, 1.807) is 12.3 Å². The van der Waals surface area contributed by atoms with Gasteiger partial charge in [-0.2, -0.15) is 0 Å². The predicted octanol–water partition coefficient (Wildman–Crippen LogP) is 2.88. The Hall–Kier alpha value is -4.94. The lowest BCUT2D eigenvalue weighted by molar-refractivity contribution is -0.124. The monoisotopic (exact) mass is 566 g/mol. The van der Waals surface area contributed by atoms with Crippen molar-refractivity contribution in [2.75, 3.05) is 35.8 Å². The normalized spacial score (nSPS) is 20.0. The number of aryl methyl sites for hydroxylation is 1. The van der Waals surface area contributed by atoms with Crippen molar-refractivity contribution in [3.63, 3.8) is 0 Å². The Morgan fingerprint density at radius 1 is 1.12 bits per heavy atom. The van der Waals surface area contributed by atoms with E-state index in [1.165, 1.54) is 18.3 Å². The van der Waals surface area contributed by atoms with Gasteiger partial charge in [0.2, 0.25) is 11.8 Å². The Labute approximate surface area is 241 Å². The van der Waals surface area contributed by atoms with Crippen LogP contribution >= 0.6 is 0 Å². The number of nitrogens with zero attached hydrogens (tertiary/aromatic N) is 9. The maximum atomic E-state index is 12.9. The van der Waals surface area contributed by atoms with E-state index in [4.69, 9.17) is 4.98 Å². The van der Waals surface area contributed by atoms with E-state index in [0.717, 1.165) is 34.7 Å². The van der Waals surface area contributed by atoms with Gasteiger partial charge in [-0.15, -0.1) is 0 Å². The van der Waals surface area contributed by atoms with Crippen molar-refractivity contribution in [3.05, 3.63) is 65.9 Å². The molecule has 13 nitrogen and oxygen atoms in total. The van der Waals surface area contributed by atoms with E-state index in [9.17, 15) is 14.4 Å². The Bertz CT molecular complexity index is 1750. The molecule has 0 bridgehead atoms. The summed E-state index contributed by atoms with van der Waals surface area (Å²) in [6.45, 7) is 2.33. The molecule has 3 fully saturated rings. The molecule has 214 valence electrons. The smallest absolute Gasteiger partial charge is 0.331 e. The van der Waals surface area contributed by atoms with Crippen molar-refractivity contribution in [1.29, 1.82) is 0 Å². The molecule has 0 unspecified atom stereocenters. The number of rotatable bonds is 8. The summed E-state index contributed by atoms with van der Waals surface area (Å²) in [7, 11) is 3.39. The molecular formula is C29H30N10O3. The number of hydrogen-bond acceptors (Lipinski definition) is 9. The predicted molar refractivity (Wildman–Crippen MR) is 153 cm³/mol. The van der Waals surface area contributed by atoms with Crippen LogP contribution in [-0.4, -0.2) is 72.7 Å². The zero-order valence-electron chi connectivity index (χ0n) is 23.6. The Morgan fingerprint density at radius 3 is 2.69 bits per heavy atom. The van der Waals surface area contributed by atoms with Crippen LogP contribution in [0.4, 0.5) is 22.1 Å². The van der Waals surface area contributed by atoms with Gasteiger partial charge in [-0.05, 0) is 49.8 Å². The fourth-order valence-corrected chi connectivity index (χ4v) is 5.44. The number of imide groups is 1. The molecule has 4 amide bonds. The van der Waals surface area contributed by atoms with Crippen LogP contribution in [-0.2, 0) is 16.1 Å². The van der Waals surface area contributed by atoms with Gasteiger partial charge < -0.3 is 14.6 Å². The molecule has 42 heavy (non-hydrogen) atoms. The van der Waals surface area contributed by atoms with Crippen molar-refractivity contribution >= 4 is 40.8 Å². The third kappa shape index (κ3) is 4.80. The van der Waals surface area contributed by atoms with Crippen LogP contribution in [0.3, 0.4) is 0 Å². The van der Waals surface area contributed by atoms with Gasteiger partial charge in [-0.1, -0.05) is 0 Å². The van der Waals surface area contributed by atoms with Crippen LogP contribution in [0.1, 0.15) is 53.9 Å². The first kappa shape index (κ1) is 26.0. The van der Waals surface area contributed by atoms with Crippen LogP contribution in [0, 0.1) is 12.8 Å². The number of amides is 4. The second-order valence-electron chi connectivity index (χ2n) is 11.3. The number of anilines is 3.